The van der Waals surface area contributed by atoms with Gasteiger partial charge in [0.1, 0.15) is 0 Å². The van der Waals surface area contributed by atoms with E-state index in [2.05, 4.69) is 24.1 Å². The molecule has 0 aromatic heterocycles. The number of piperidine rings is 1. The normalized spacial score (nSPS) is 30.0. The van der Waals surface area contributed by atoms with Crippen molar-refractivity contribution in [3.8, 4) is 0 Å². The number of nitrogens with zero attached hydrogens (tertiary/aromatic N) is 1. The highest BCUT2D eigenvalue weighted by Crippen LogP contribution is 2.30. The SMILES string of the molecule is COC1CCN(CC2(CNC(C)C)CCCOC2)CC1. The number of methoxy groups -OCH3 is 1. The summed E-state index contributed by atoms with van der Waals surface area (Å²) in [4.78, 5) is 2.62. The molecule has 0 aliphatic carbocycles. The Bertz CT molecular complexity index is 270. The average molecular weight is 284 g/mol. The van der Waals surface area contributed by atoms with Crippen molar-refractivity contribution in [2.24, 2.45) is 5.41 Å². The molecule has 4 heteroatoms. The molecule has 2 aliphatic heterocycles. The van der Waals surface area contributed by atoms with Gasteiger partial charge < -0.3 is 19.7 Å². The van der Waals surface area contributed by atoms with Crippen LogP contribution in [0.1, 0.15) is 39.5 Å². The molecule has 2 fully saturated rings. The van der Waals surface area contributed by atoms with Crippen molar-refractivity contribution in [2.75, 3.05) is 46.5 Å². The van der Waals surface area contributed by atoms with Crippen LogP contribution < -0.4 is 5.32 Å². The van der Waals surface area contributed by atoms with Crippen LogP contribution >= 0.6 is 0 Å². The minimum absolute atomic E-state index is 0.308. The Kier molecular flexibility index (Phi) is 6.27. The van der Waals surface area contributed by atoms with E-state index in [4.69, 9.17) is 9.47 Å². The third-order valence-corrected chi connectivity index (χ3v) is 4.72. The Balaban J connectivity index is 1.87. The number of ether oxygens (including phenoxy) is 2. The van der Waals surface area contributed by atoms with Crippen molar-refractivity contribution < 1.29 is 9.47 Å². The summed E-state index contributed by atoms with van der Waals surface area (Å²) in [7, 11) is 1.84. The van der Waals surface area contributed by atoms with E-state index < -0.39 is 0 Å². The monoisotopic (exact) mass is 284 g/mol. The van der Waals surface area contributed by atoms with Crippen LogP contribution in [0.3, 0.4) is 0 Å². The molecule has 0 amide bonds. The molecule has 0 bridgehead atoms. The van der Waals surface area contributed by atoms with Gasteiger partial charge in [-0.15, -0.1) is 0 Å². The molecule has 0 radical (unpaired) electrons. The van der Waals surface area contributed by atoms with E-state index in [-0.39, 0.29) is 0 Å². The Hall–Kier alpha value is -0.160. The molecule has 118 valence electrons. The van der Waals surface area contributed by atoms with E-state index in [1.165, 1.54) is 45.3 Å². The quantitative estimate of drug-likeness (QED) is 0.807. The number of hydrogen-bond donors (Lipinski definition) is 1. The van der Waals surface area contributed by atoms with Gasteiger partial charge in [0, 0.05) is 51.4 Å². The summed E-state index contributed by atoms with van der Waals surface area (Å²) >= 11 is 0. The van der Waals surface area contributed by atoms with Gasteiger partial charge in [-0.1, -0.05) is 13.8 Å². The second-order valence-electron chi connectivity index (χ2n) is 6.90. The highest BCUT2D eigenvalue weighted by molar-refractivity contribution is 4.89. The van der Waals surface area contributed by atoms with Crippen molar-refractivity contribution in [1.29, 1.82) is 0 Å². The first-order valence-electron chi connectivity index (χ1n) is 8.20. The summed E-state index contributed by atoms with van der Waals surface area (Å²) in [5.41, 5.74) is 0.308. The second kappa shape index (κ2) is 7.74. The summed E-state index contributed by atoms with van der Waals surface area (Å²) in [5.74, 6) is 0. The zero-order chi connectivity index (χ0) is 14.4. The van der Waals surface area contributed by atoms with Gasteiger partial charge in [0.15, 0.2) is 0 Å². The maximum Gasteiger partial charge on any atom is 0.0595 e. The van der Waals surface area contributed by atoms with Gasteiger partial charge in [0.2, 0.25) is 0 Å². The summed E-state index contributed by atoms with van der Waals surface area (Å²) < 4.78 is 11.3. The van der Waals surface area contributed by atoms with Crippen molar-refractivity contribution in [2.45, 2.75) is 51.7 Å². The van der Waals surface area contributed by atoms with E-state index in [0.717, 1.165) is 19.8 Å². The zero-order valence-electron chi connectivity index (χ0n) is 13.5. The molecule has 0 aromatic carbocycles. The van der Waals surface area contributed by atoms with Gasteiger partial charge in [-0.2, -0.15) is 0 Å². The molecule has 4 nitrogen and oxygen atoms in total. The number of nitrogens with one attached hydrogen (secondary N) is 1. The molecule has 0 aromatic rings. The molecule has 0 saturated carbocycles. The summed E-state index contributed by atoms with van der Waals surface area (Å²) in [6.45, 7) is 10.9. The molecule has 2 aliphatic rings. The van der Waals surface area contributed by atoms with E-state index >= 15 is 0 Å². The summed E-state index contributed by atoms with van der Waals surface area (Å²) in [6, 6.07) is 0.549. The fraction of sp³-hybridized carbons (Fsp3) is 1.00. The standard InChI is InChI=1S/C16H32N2O2/c1-14(2)17-11-16(7-4-10-20-13-16)12-18-8-5-15(19-3)6-9-18/h14-15,17H,4-13H2,1-3H3. The minimum atomic E-state index is 0.308. The van der Waals surface area contributed by atoms with Crippen molar-refractivity contribution >= 4 is 0 Å². The lowest BCUT2D eigenvalue weighted by Gasteiger charge is -2.43. The highest BCUT2D eigenvalue weighted by Gasteiger charge is 2.35. The van der Waals surface area contributed by atoms with Crippen LogP contribution in [0.15, 0.2) is 0 Å². The molecule has 2 rings (SSSR count). The van der Waals surface area contributed by atoms with E-state index in [0.29, 0.717) is 17.6 Å². The lowest BCUT2D eigenvalue weighted by Crippen LogP contribution is -2.51. The van der Waals surface area contributed by atoms with Crippen LogP contribution in [-0.4, -0.2) is 63.5 Å². The third kappa shape index (κ3) is 4.69. The number of likely N-dealkylation sites (tertiary alicyclic amines) is 1. The molecule has 1 N–H and O–H groups in total. The minimum Gasteiger partial charge on any atom is -0.381 e. The van der Waals surface area contributed by atoms with Gasteiger partial charge in [-0.25, -0.2) is 0 Å². The lowest BCUT2D eigenvalue weighted by molar-refractivity contribution is -0.0389. The van der Waals surface area contributed by atoms with Crippen molar-refractivity contribution in [3.63, 3.8) is 0 Å². The molecular weight excluding hydrogens is 252 g/mol. The average Bonchev–Trinajstić information content (AvgIpc) is 2.47. The smallest absolute Gasteiger partial charge is 0.0595 e. The third-order valence-electron chi connectivity index (χ3n) is 4.72. The zero-order valence-corrected chi connectivity index (χ0v) is 13.5. The van der Waals surface area contributed by atoms with Crippen LogP contribution in [0.2, 0.25) is 0 Å². The first-order valence-corrected chi connectivity index (χ1v) is 8.20. The van der Waals surface area contributed by atoms with Gasteiger partial charge in [-0.3, -0.25) is 0 Å². The number of hydrogen-bond acceptors (Lipinski definition) is 4. The van der Waals surface area contributed by atoms with Crippen LogP contribution in [-0.2, 0) is 9.47 Å². The number of rotatable bonds is 6. The van der Waals surface area contributed by atoms with Gasteiger partial charge >= 0.3 is 0 Å². The maximum absolute atomic E-state index is 5.81. The fourth-order valence-electron chi connectivity index (χ4n) is 3.43. The van der Waals surface area contributed by atoms with Crippen molar-refractivity contribution in [1.82, 2.24) is 10.2 Å². The molecule has 1 atom stereocenters. The first kappa shape index (κ1) is 16.2. The van der Waals surface area contributed by atoms with Gasteiger partial charge in [0.05, 0.1) is 12.7 Å². The van der Waals surface area contributed by atoms with Crippen LogP contribution in [0.25, 0.3) is 0 Å². The summed E-state index contributed by atoms with van der Waals surface area (Å²) in [6.07, 6.45) is 5.31. The maximum atomic E-state index is 5.81. The molecule has 20 heavy (non-hydrogen) atoms. The Morgan fingerprint density at radius 2 is 2.10 bits per heavy atom. The molecular formula is C16H32N2O2. The first-order chi connectivity index (χ1) is 9.63. The van der Waals surface area contributed by atoms with E-state index in [1.54, 1.807) is 0 Å². The van der Waals surface area contributed by atoms with Crippen LogP contribution in [0.5, 0.6) is 0 Å². The second-order valence-corrected chi connectivity index (χ2v) is 6.90. The van der Waals surface area contributed by atoms with Gasteiger partial charge in [0.25, 0.3) is 0 Å². The van der Waals surface area contributed by atoms with E-state index in [1.807, 2.05) is 7.11 Å². The molecule has 2 saturated heterocycles. The van der Waals surface area contributed by atoms with E-state index in [9.17, 15) is 0 Å². The fourth-order valence-corrected chi connectivity index (χ4v) is 3.43. The summed E-state index contributed by atoms with van der Waals surface area (Å²) in [5, 5.41) is 3.63. The Labute approximate surface area is 124 Å². The Morgan fingerprint density at radius 3 is 2.65 bits per heavy atom. The lowest BCUT2D eigenvalue weighted by atomic mass is 9.81. The largest absolute Gasteiger partial charge is 0.381 e. The van der Waals surface area contributed by atoms with Gasteiger partial charge in [-0.05, 0) is 25.7 Å². The highest BCUT2D eigenvalue weighted by atomic mass is 16.5. The van der Waals surface area contributed by atoms with Crippen LogP contribution in [0.4, 0.5) is 0 Å². The topological polar surface area (TPSA) is 33.7 Å². The van der Waals surface area contributed by atoms with Crippen molar-refractivity contribution in [3.05, 3.63) is 0 Å². The predicted octanol–water partition coefficient (Wildman–Crippen LogP) is 1.89. The molecule has 0 spiro atoms. The van der Waals surface area contributed by atoms with Crippen LogP contribution in [0, 0.1) is 5.41 Å². The predicted molar refractivity (Wildman–Crippen MR) is 82.1 cm³/mol. The molecule has 2 heterocycles. The molecule has 1 unspecified atom stereocenters. The Morgan fingerprint density at radius 1 is 1.35 bits per heavy atom.